The SMILES string of the molecule is CC[C@@H](CO)NS(=O)(=O)N1CCCCC1C. The van der Waals surface area contributed by atoms with Crippen LogP contribution in [0.5, 0.6) is 0 Å². The molecule has 0 aromatic heterocycles. The van der Waals surface area contributed by atoms with Crippen LogP contribution in [0, 0.1) is 0 Å². The maximum Gasteiger partial charge on any atom is 0.280 e. The molecule has 0 radical (unpaired) electrons. The van der Waals surface area contributed by atoms with E-state index in [4.69, 9.17) is 5.11 Å². The lowest BCUT2D eigenvalue weighted by atomic mass is 10.1. The van der Waals surface area contributed by atoms with Gasteiger partial charge in [0.15, 0.2) is 0 Å². The predicted molar refractivity (Wildman–Crippen MR) is 63.2 cm³/mol. The third-order valence-corrected chi connectivity index (χ3v) is 4.87. The van der Waals surface area contributed by atoms with E-state index >= 15 is 0 Å². The number of nitrogens with zero attached hydrogens (tertiary/aromatic N) is 1. The number of nitrogens with one attached hydrogen (secondary N) is 1. The minimum atomic E-state index is -3.43. The molecule has 1 rings (SSSR count). The highest BCUT2D eigenvalue weighted by molar-refractivity contribution is 7.87. The van der Waals surface area contributed by atoms with Crippen molar-refractivity contribution in [3.05, 3.63) is 0 Å². The number of rotatable bonds is 5. The Hall–Kier alpha value is -0.170. The van der Waals surface area contributed by atoms with Crippen LogP contribution < -0.4 is 4.72 Å². The summed E-state index contributed by atoms with van der Waals surface area (Å²) >= 11 is 0. The van der Waals surface area contributed by atoms with Gasteiger partial charge >= 0.3 is 0 Å². The van der Waals surface area contributed by atoms with Crippen molar-refractivity contribution in [1.29, 1.82) is 0 Å². The van der Waals surface area contributed by atoms with Gasteiger partial charge in [0.2, 0.25) is 0 Å². The summed E-state index contributed by atoms with van der Waals surface area (Å²) in [5.41, 5.74) is 0. The van der Waals surface area contributed by atoms with Gasteiger partial charge in [0.25, 0.3) is 10.2 Å². The van der Waals surface area contributed by atoms with E-state index in [1.54, 1.807) is 0 Å². The van der Waals surface area contributed by atoms with Crippen molar-refractivity contribution in [2.45, 2.75) is 51.6 Å². The number of aliphatic hydroxyl groups is 1. The first kappa shape index (κ1) is 13.9. The zero-order valence-electron chi connectivity index (χ0n) is 10.0. The van der Waals surface area contributed by atoms with E-state index < -0.39 is 10.2 Å². The Morgan fingerprint density at radius 3 is 2.69 bits per heavy atom. The van der Waals surface area contributed by atoms with Crippen molar-refractivity contribution in [2.75, 3.05) is 13.2 Å². The largest absolute Gasteiger partial charge is 0.395 e. The van der Waals surface area contributed by atoms with Gasteiger partial charge in [0.1, 0.15) is 0 Å². The summed E-state index contributed by atoms with van der Waals surface area (Å²) in [7, 11) is -3.43. The van der Waals surface area contributed by atoms with Crippen LogP contribution in [0.4, 0.5) is 0 Å². The zero-order valence-corrected chi connectivity index (χ0v) is 10.8. The average molecular weight is 250 g/mol. The fourth-order valence-electron chi connectivity index (χ4n) is 1.96. The summed E-state index contributed by atoms with van der Waals surface area (Å²) in [6.45, 7) is 4.21. The number of hydrogen-bond acceptors (Lipinski definition) is 3. The molecule has 0 spiro atoms. The molecule has 0 aromatic rings. The van der Waals surface area contributed by atoms with Crippen molar-refractivity contribution < 1.29 is 13.5 Å². The molecular weight excluding hydrogens is 228 g/mol. The van der Waals surface area contributed by atoms with Crippen LogP contribution in [0.25, 0.3) is 0 Å². The van der Waals surface area contributed by atoms with Gasteiger partial charge in [-0.25, -0.2) is 0 Å². The second kappa shape index (κ2) is 5.95. The maximum absolute atomic E-state index is 12.0. The molecular formula is C10H22N2O3S. The topological polar surface area (TPSA) is 69.6 Å². The molecule has 0 aromatic carbocycles. The van der Waals surface area contributed by atoms with E-state index in [2.05, 4.69) is 4.72 Å². The lowest BCUT2D eigenvalue weighted by Crippen LogP contribution is -2.51. The van der Waals surface area contributed by atoms with Gasteiger partial charge in [-0.15, -0.1) is 0 Å². The second-order valence-corrected chi connectivity index (χ2v) is 6.02. The Morgan fingerprint density at radius 1 is 1.50 bits per heavy atom. The fourth-order valence-corrected chi connectivity index (χ4v) is 3.70. The molecule has 1 aliphatic rings. The van der Waals surface area contributed by atoms with Gasteiger partial charge in [-0.1, -0.05) is 13.3 Å². The Balaban J connectivity index is 2.68. The first-order valence-electron chi connectivity index (χ1n) is 5.91. The van der Waals surface area contributed by atoms with E-state index in [1.807, 2.05) is 13.8 Å². The molecule has 0 saturated carbocycles. The van der Waals surface area contributed by atoms with Crippen LogP contribution in [0.15, 0.2) is 0 Å². The van der Waals surface area contributed by atoms with Crippen LogP contribution in [0.3, 0.4) is 0 Å². The summed E-state index contributed by atoms with van der Waals surface area (Å²) < 4.78 is 28.1. The highest BCUT2D eigenvalue weighted by Gasteiger charge is 2.30. The summed E-state index contributed by atoms with van der Waals surface area (Å²) in [6.07, 6.45) is 3.51. The Kier molecular flexibility index (Phi) is 5.17. The molecule has 16 heavy (non-hydrogen) atoms. The summed E-state index contributed by atoms with van der Waals surface area (Å²) in [6, 6.07) is -0.318. The molecule has 2 atom stereocenters. The van der Waals surface area contributed by atoms with E-state index in [0.29, 0.717) is 13.0 Å². The lowest BCUT2D eigenvalue weighted by Gasteiger charge is -2.33. The molecule has 1 aliphatic heterocycles. The molecule has 1 unspecified atom stereocenters. The van der Waals surface area contributed by atoms with Gasteiger partial charge in [-0.3, -0.25) is 0 Å². The molecule has 96 valence electrons. The number of aliphatic hydroxyl groups excluding tert-OH is 1. The monoisotopic (exact) mass is 250 g/mol. The van der Waals surface area contributed by atoms with E-state index in [0.717, 1.165) is 19.3 Å². The zero-order chi connectivity index (χ0) is 12.2. The predicted octanol–water partition coefficient (Wildman–Crippen LogP) is 0.466. The molecule has 1 heterocycles. The van der Waals surface area contributed by atoms with Crippen LogP contribution in [-0.2, 0) is 10.2 Å². The smallest absolute Gasteiger partial charge is 0.280 e. The van der Waals surface area contributed by atoms with Gasteiger partial charge in [0.05, 0.1) is 6.61 Å². The quantitative estimate of drug-likeness (QED) is 0.745. The third-order valence-electron chi connectivity index (χ3n) is 3.08. The molecule has 0 aliphatic carbocycles. The van der Waals surface area contributed by atoms with Crippen LogP contribution >= 0.6 is 0 Å². The Morgan fingerprint density at radius 2 is 2.19 bits per heavy atom. The number of hydrogen-bond donors (Lipinski definition) is 2. The molecule has 1 fully saturated rings. The first-order valence-corrected chi connectivity index (χ1v) is 7.35. The maximum atomic E-state index is 12.0. The van der Waals surface area contributed by atoms with Crippen molar-refractivity contribution in [2.24, 2.45) is 0 Å². The number of piperidine rings is 1. The average Bonchev–Trinajstić information content (AvgIpc) is 2.26. The standard InChI is InChI=1S/C10H22N2O3S/c1-3-10(8-13)11-16(14,15)12-7-5-4-6-9(12)2/h9-11,13H,3-8H2,1-2H3/t9?,10-/m0/s1. The van der Waals surface area contributed by atoms with Crippen molar-refractivity contribution in [3.8, 4) is 0 Å². The van der Waals surface area contributed by atoms with Gasteiger partial charge in [-0.2, -0.15) is 17.4 Å². The van der Waals surface area contributed by atoms with Crippen molar-refractivity contribution in [1.82, 2.24) is 9.03 Å². The minimum Gasteiger partial charge on any atom is -0.395 e. The van der Waals surface area contributed by atoms with E-state index in [1.165, 1.54) is 4.31 Å². The van der Waals surface area contributed by atoms with Crippen LogP contribution in [-0.4, -0.2) is 43.1 Å². The third kappa shape index (κ3) is 3.41. The van der Waals surface area contributed by atoms with Gasteiger partial charge in [0, 0.05) is 18.6 Å². The van der Waals surface area contributed by atoms with Crippen LogP contribution in [0.2, 0.25) is 0 Å². The lowest BCUT2D eigenvalue weighted by molar-refractivity contribution is 0.238. The first-order chi connectivity index (χ1) is 7.51. The second-order valence-electron chi connectivity index (χ2n) is 4.37. The summed E-state index contributed by atoms with van der Waals surface area (Å²) in [4.78, 5) is 0. The molecule has 5 nitrogen and oxygen atoms in total. The minimum absolute atomic E-state index is 0.0578. The van der Waals surface area contributed by atoms with E-state index in [9.17, 15) is 8.42 Å². The highest BCUT2D eigenvalue weighted by Crippen LogP contribution is 2.19. The molecule has 0 bridgehead atoms. The Bertz CT molecular complexity index is 301. The molecule has 2 N–H and O–H groups in total. The van der Waals surface area contributed by atoms with Gasteiger partial charge < -0.3 is 5.11 Å². The highest BCUT2D eigenvalue weighted by atomic mass is 32.2. The molecule has 0 amide bonds. The Labute approximate surface area is 98.0 Å². The van der Waals surface area contributed by atoms with Crippen molar-refractivity contribution >= 4 is 10.2 Å². The summed E-state index contributed by atoms with van der Waals surface area (Å²) in [5, 5.41) is 9.01. The normalized spacial score (nSPS) is 25.6. The van der Waals surface area contributed by atoms with Gasteiger partial charge in [-0.05, 0) is 26.2 Å². The summed E-state index contributed by atoms with van der Waals surface area (Å²) in [5.74, 6) is 0. The molecule has 1 saturated heterocycles. The fraction of sp³-hybridized carbons (Fsp3) is 1.00. The van der Waals surface area contributed by atoms with Crippen molar-refractivity contribution in [3.63, 3.8) is 0 Å². The van der Waals surface area contributed by atoms with E-state index in [-0.39, 0.29) is 18.7 Å². The molecule has 6 heteroatoms. The van der Waals surface area contributed by atoms with Crippen LogP contribution in [0.1, 0.15) is 39.5 Å².